The zero-order valence-corrected chi connectivity index (χ0v) is 50.7. The van der Waals surface area contributed by atoms with Gasteiger partial charge < -0.3 is 36.6 Å². The molecule has 4 aromatic carbocycles. The first kappa shape index (κ1) is 69.2. The summed E-state index contributed by atoms with van der Waals surface area (Å²) in [6.07, 6.45) is -4.15. The number of hydrogen-bond donors (Lipinski definition) is 7. The van der Waals surface area contributed by atoms with Crippen molar-refractivity contribution in [3.05, 3.63) is 118 Å². The fourth-order valence-electron chi connectivity index (χ4n) is 11.0. The second kappa shape index (κ2) is 30.3. The van der Waals surface area contributed by atoms with Crippen molar-refractivity contribution >= 4 is 105 Å². The fraction of sp³-hybridized carbons (Fsp3) is 0.415. The van der Waals surface area contributed by atoms with Crippen LogP contribution >= 0.6 is 0 Å². The van der Waals surface area contributed by atoms with E-state index in [1.165, 1.54) is 45.0 Å². The molecule has 0 bridgehead atoms. The van der Waals surface area contributed by atoms with Crippen LogP contribution in [0.5, 0.6) is 0 Å². The molecular weight excluding hydrogens is 1170 g/mol. The summed E-state index contributed by atoms with van der Waals surface area (Å²) in [5.41, 5.74) is 0.478. The van der Waals surface area contributed by atoms with E-state index in [4.69, 9.17) is 0 Å². The third-order valence-corrected chi connectivity index (χ3v) is 15.9. The minimum Gasteiger partial charge on any atom is -0.481 e. The molecule has 8 atom stereocenters. The van der Waals surface area contributed by atoms with Gasteiger partial charge in [0, 0.05) is 70.5 Å². The molecule has 0 radical (unpaired) electrons. The number of carbonyl (C=O) groups is 16. The fourth-order valence-corrected chi connectivity index (χ4v) is 11.0. The zero-order chi connectivity index (χ0) is 66.6. The molecule has 0 aliphatic carbocycles. The predicted molar refractivity (Wildman–Crippen MR) is 319 cm³/mol. The quantitative estimate of drug-likeness (QED) is 0.0328. The second-order valence-corrected chi connectivity index (χ2v) is 23.5. The summed E-state index contributed by atoms with van der Waals surface area (Å²) in [5, 5.41) is 38.8. The number of carbonyl (C=O) groups excluding carboxylic acids is 13. The Balaban J connectivity index is 1.11. The number of amides is 8. The van der Waals surface area contributed by atoms with Crippen molar-refractivity contribution in [2.24, 2.45) is 35.5 Å². The van der Waals surface area contributed by atoms with Crippen LogP contribution in [0.2, 0.25) is 0 Å². The van der Waals surface area contributed by atoms with Crippen LogP contribution in [0.25, 0.3) is 10.8 Å². The molecule has 6 rings (SSSR count). The van der Waals surface area contributed by atoms with Crippen molar-refractivity contribution in [3.63, 3.8) is 0 Å². The Morgan fingerprint density at radius 2 is 0.889 bits per heavy atom. The van der Waals surface area contributed by atoms with E-state index in [9.17, 15) is 92.0 Å². The summed E-state index contributed by atoms with van der Waals surface area (Å²) in [5.74, 6) is -21.0. The number of hydrogen-bond acceptors (Lipinski definition) is 16. The van der Waals surface area contributed by atoms with Gasteiger partial charge in [-0.15, -0.1) is 0 Å². The molecule has 7 N–H and O–H groups in total. The Kier molecular flexibility index (Phi) is 23.3. The van der Waals surface area contributed by atoms with Gasteiger partial charge in [0.25, 0.3) is 23.6 Å². The highest BCUT2D eigenvalue weighted by Gasteiger charge is 2.42. The molecule has 0 spiro atoms. The largest absolute Gasteiger partial charge is 0.481 e. The first-order valence-electron chi connectivity index (χ1n) is 29.3. The van der Waals surface area contributed by atoms with Crippen LogP contribution in [0.1, 0.15) is 140 Å². The van der Waals surface area contributed by atoms with Crippen molar-refractivity contribution in [1.29, 1.82) is 0 Å². The number of aliphatic carboxylic acids is 3. The van der Waals surface area contributed by atoms with Crippen LogP contribution in [-0.2, 0) is 70.4 Å². The summed E-state index contributed by atoms with van der Waals surface area (Å²) >= 11 is 0. The van der Waals surface area contributed by atoms with E-state index in [0.29, 0.717) is 20.9 Å². The number of carboxylic acid groups (broad SMARTS) is 3. The van der Waals surface area contributed by atoms with Gasteiger partial charge in [-0.2, -0.15) is 0 Å². The summed E-state index contributed by atoms with van der Waals surface area (Å²) in [6.45, 7) is 8.66. The Labute approximate surface area is 517 Å². The van der Waals surface area contributed by atoms with Crippen molar-refractivity contribution < 1.29 is 92.0 Å². The summed E-state index contributed by atoms with van der Waals surface area (Å²) in [7, 11) is 0. The van der Waals surface area contributed by atoms with E-state index >= 15 is 0 Å². The Morgan fingerprint density at radius 1 is 0.444 bits per heavy atom. The standard InChI is InChI=1S/C65H72N6O19/c1-32(2)46(65(89)90)28-51(76)48(29-54(80)81)68-59(83)39(23-37-14-10-8-11-15-37)25-49(74)35(6)66-52(77)31-71-63(87)44-20-18-42-55-43(19-21-45(56(44)55)64(71)88)62(86)70(61(42)85)30-41(73)22-34(5)58(82)67-47(24-38-16-12-9-13-17-38)50(75)26-40(27-53(78)79)60(84)69-57(33(3)4)36(7)72/h8-21,32-35,39-40,46-48,57H,22-31H2,1-7H3,(H,66,77)(H,67,82)(H,68,83)(H,69,84)(H,78,79)(H,80,81)(H,89,90)/t34-,35+,39-,40+,46+,47+,48+,57+/m1/s1. The average molecular weight is 1240 g/mol. The van der Waals surface area contributed by atoms with Gasteiger partial charge in [-0.25, -0.2) is 0 Å². The molecule has 25 heteroatoms. The molecule has 0 fully saturated rings. The molecule has 476 valence electrons. The van der Waals surface area contributed by atoms with Crippen molar-refractivity contribution in [2.75, 3.05) is 13.1 Å². The molecule has 2 aliphatic rings. The number of ketones is 5. The number of nitrogens with zero attached hydrogens (tertiary/aromatic N) is 2. The van der Waals surface area contributed by atoms with Gasteiger partial charge >= 0.3 is 17.9 Å². The number of nitrogens with one attached hydrogen (secondary N) is 4. The molecular formula is C65H72N6O19. The third kappa shape index (κ3) is 17.2. The Hall–Kier alpha value is -9.94. The molecule has 25 nitrogen and oxygen atoms in total. The van der Waals surface area contributed by atoms with Crippen molar-refractivity contribution in [3.8, 4) is 0 Å². The maximum atomic E-state index is 14.2. The van der Waals surface area contributed by atoms with Crippen LogP contribution in [-0.4, -0.2) is 156 Å². The van der Waals surface area contributed by atoms with Gasteiger partial charge in [-0.05, 0) is 73.9 Å². The number of imide groups is 2. The molecule has 4 aromatic rings. The molecule has 2 aliphatic heterocycles. The molecule has 0 aromatic heterocycles. The van der Waals surface area contributed by atoms with Crippen molar-refractivity contribution in [2.45, 2.75) is 124 Å². The van der Waals surface area contributed by atoms with E-state index in [-0.39, 0.29) is 57.6 Å². The smallest absolute Gasteiger partial charge is 0.307 e. The van der Waals surface area contributed by atoms with Gasteiger partial charge in [0.15, 0.2) is 28.9 Å². The molecule has 2 heterocycles. The lowest BCUT2D eigenvalue weighted by Crippen LogP contribution is -2.50. The predicted octanol–water partition coefficient (Wildman–Crippen LogP) is 3.73. The highest BCUT2D eigenvalue weighted by atomic mass is 16.4. The number of benzene rings is 4. The molecule has 8 amide bonds. The normalized spacial score (nSPS) is 15.4. The molecule has 0 saturated carbocycles. The number of carboxylic acids is 3. The SMILES string of the molecule is CC(=O)[C@@H](NC(=O)[C@H](CC(=O)O)CC(=O)[C@H](Cc1ccccc1)NC(=O)[C@H](C)CC(=O)CN1C(=O)c2ccc3c4c(ccc(c24)C1=O)C(=O)N(CC(=O)N[C@@H](C)C(=O)C[C@@H](Cc1ccccc1)C(=O)N[C@@H](CC(=O)O)C(=O)C[C@H](C(=O)O)C(C)C)C3=O)C(C)C. The lowest BCUT2D eigenvalue weighted by Gasteiger charge is -2.31. The lowest BCUT2D eigenvalue weighted by molar-refractivity contribution is -0.146. The van der Waals surface area contributed by atoms with E-state index in [0.717, 1.165) is 0 Å². The molecule has 0 saturated heterocycles. The first-order chi connectivity index (χ1) is 42.4. The maximum absolute atomic E-state index is 14.2. The summed E-state index contributed by atoms with van der Waals surface area (Å²) in [6, 6.07) is 16.4. The highest BCUT2D eigenvalue weighted by molar-refractivity contribution is 6.34. The van der Waals surface area contributed by atoms with Crippen LogP contribution in [0.4, 0.5) is 0 Å². The van der Waals surface area contributed by atoms with E-state index < -0.39 is 194 Å². The monoisotopic (exact) mass is 1240 g/mol. The Morgan fingerprint density at radius 3 is 1.34 bits per heavy atom. The molecule has 0 unspecified atom stereocenters. The number of Topliss-reactive ketones (excluding diaryl/α,β-unsaturated/α-hetero) is 5. The highest BCUT2D eigenvalue weighted by Crippen LogP contribution is 2.38. The van der Waals surface area contributed by atoms with Crippen LogP contribution < -0.4 is 21.3 Å². The van der Waals surface area contributed by atoms with Gasteiger partial charge in [0.2, 0.25) is 23.6 Å². The van der Waals surface area contributed by atoms with Gasteiger partial charge in [0.05, 0.1) is 55.4 Å². The topological polar surface area (TPSA) is 388 Å². The third-order valence-electron chi connectivity index (χ3n) is 15.9. The van der Waals surface area contributed by atoms with Crippen molar-refractivity contribution in [1.82, 2.24) is 31.1 Å². The Bertz CT molecular complexity index is 3260. The minimum absolute atomic E-state index is 0.0787. The van der Waals surface area contributed by atoms with Crippen LogP contribution in [0.3, 0.4) is 0 Å². The first-order valence-corrected chi connectivity index (χ1v) is 29.3. The van der Waals surface area contributed by atoms with E-state index in [1.54, 1.807) is 88.4 Å². The average Bonchev–Trinajstić information content (AvgIpc) is 0.715. The van der Waals surface area contributed by atoms with Gasteiger partial charge in [0.1, 0.15) is 6.54 Å². The van der Waals surface area contributed by atoms with Crippen LogP contribution in [0.15, 0.2) is 84.9 Å². The zero-order valence-electron chi connectivity index (χ0n) is 50.7. The second-order valence-electron chi connectivity index (χ2n) is 23.5. The summed E-state index contributed by atoms with van der Waals surface area (Å²) in [4.78, 5) is 215. The minimum atomic E-state index is -1.65. The molecule has 90 heavy (non-hydrogen) atoms. The van der Waals surface area contributed by atoms with Crippen LogP contribution in [0, 0.1) is 35.5 Å². The summed E-state index contributed by atoms with van der Waals surface area (Å²) < 4.78 is 0. The van der Waals surface area contributed by atoms with Gasteiger partial charge in [-0.1, -0.05) is 95.3 Å². The van der Waals surface area contributed by atoms with Gasteiger partial charge in [-0.3, -0.25) is 86.5 Å². The number of rotatable bonds is 34. The lowest BCUT2D eigenvalue weighted by atomic mass is 9.85. The maximum Gasteiger partial charge on any atom is 0.307 e. The van der Waals surface area contributed by atoms with E-state index in [1.807, 2.05) is 0 Å². The van der Waals surface area contributed by atoms with E-state index in [2.05, 4.69) is 21.3 Å².